The molecular formula is C12H14F2N2O. The zero-order valence-corrected chi connectivity index (χ0v) is 9.78. The number of rotatable bonds is 3. The third-order valence-corrected chi connectivity index (χ3v) is 3.21. The van der Waals surface area contributed by atoms with Gasteiger partial charge in [0.2, 0.25) is 5.95 Å². The van der Waals surface area contributed by atoms with Crippen LogP contribution in [0.25, 0.3) is 0 Å². The smallest absolute Gasteiger partial charge is 0.256 e. The van der Waals surface area contributed by atoms with Crippen LogP contribution in [0.5, 0.6) is 0 Å². The predicted octanol–water partition coefficient (Wildman–Crippen LogP) is 2.09. The normalized spacial score (nSPS) is 22.4. The van der Waals surface area contributed by atoms with Gasteiger partial charge in [-0.3, -0.25) is 4.79 Å². The van der Waals surface area contributed by atoms with Gasteiger partial charge in [0.05, 0.1) is 5.56 Å². The molecule has 1 saturated carbocycles. The molecule has 1 heterocycles. The maximum atomic E-state index is 13.4. The Morgan fingerprint density at radius 3 is 2.82 bits per heavy atom. The summed E-state index contributed by atoms with van der Waals surface area (Å²) in [6.45, 7) is 2.69. The van der Waals surface area contributed by atoms with Crippen molar-refractivity contribution < 1.29 is 13.6 Å². The van der Waals surface area contributed by atoms with Crippen molar-refractivity contribution in [1.82, 2.24) is 9.88 Å². The summed E-state index contributed by atoms with van der Waals surface area (Å²) in [5.74, 6) is -1.80. The molecule has 2 atom stereocenters. The molecule has 0 spiro atoms. The minimum Gasteiger partial charge on any atom is -0.341 e. The minimum atomic E-state index is -1.23. The molecule has 17 heavy (non-hydrogen) atoms. The van der Waals surface area contributed by atoms with Gasteiger partial charge in [0.25, 0.3) is 5.91 Å². The number of nitrogens with zero attached hydrogens (tertiary/aromatic N) is 2. The highest BCUT2D eigenvalue weighted by Gasteiger charge is 2.34. The fourth-order valence-electron chi connectivity index (χ4n) is 1.88. The molecule has 92 valence electrons. The number of carbonyl (C=O) groups excluding carboxylic acids is 1. The second-order valence-corrected chi connectivity index (χ2v) is 4.62. The van der Waals surface area contributed by atoms with Crippen LogP contribution in [0.2, 0.25) is 0 Å². The van der Waals surface area contributed by atoms with E-state index in [2.05, 4.69) is 11.9 Å². The highest BCUT2D eigenvalue weighted by atomic mass is 19.2. The molecule has 0 saturated heterocycles. The molecule has 2 unspecified atom stereocenters. The average molecular weight is 240 g/mol. The first kappa shape index (κ1) is 12.0. The lowest BCUT2D eigenvalue weighted by Crippen LogP contribution is -2.30. The van der Waals surface area contributed by atoms with E-state index in [-0.39, 0.29) is 5.56 Å². The van der Waals surface area contributed by atoms with E-state index in [0.29, 0.717) is 18.4 Å². The third-order valence-electron chi connectivity index (χ3n) is 3.21. The Bertz CT molecular complexity index is 450. The summed E-state index contributed by atoms with van der Waals surface area (Å²) in [5, 5.41) is 0. The Balaban J connectivity index is 2.10. The molecule has 1 aromatic rings. The topological polar surface area (TPSA) is 33.2 Å². The van der Waals surface area contributed by atoms with Crippen LogP contribution in [0.3, 0.4) is 0 Å². The number of carbonyl (C=O) groups is 1. The number of hydrogen-bond acceptors (Lipinski definition) is 2. The lowest BCUT2D eigenvalue weighted by molar-refractivity contribution is 0.0781. The number of amides is 1. The van der Waals surface area contributed by atoms with Crippen LogP contribution in [0, 0.1) is 23.6 Å². The SMILES string of the molecule is CC1CC1CN(C)C(=O)c1ccnc(F)c1F. The van der Waals surface area contributed by atoms with Crippen LogP contribution < -0.4 is 0 Å². The van der Waals surface area contributed by atoms with E-state index >= 15 is 0 Å². The quantitative estimate of drug-likeness (QED) is 0.758. The van der Waals surface area contributed by atoms with E-state index in [1.807, 2.05) is 0 Å². The van der Waals surface area contributed by atoms with Crippen molar-refractivity contribution in [2.45, 2.75) is 13.3 Å². The van der Waals surface area contributed by atoms with Gasteiger partial charge in [0.1, 0.15) is 0 Å². The fourth-order valence-corrected chi connectivity index (χ4v) is 1.88. The van der Waals surface area contributed by atoms with Crippen LogP contribution >= 0.6 is 0 Å². The van der Waals surface area contributed by atoms with Gasteiger partial charge >= 0.3 is 0 Å². The molecule has 0 radical (unpaired) electrons. The molecular weight excluding hydrogens is 226 g/mol. The fraction of sp³-hybridized carbons (Fsp3) is 0.500. The first-order valence-corrected chi connectivity index (χ1v) is 5.56. The van der Waals surface area contributed by atoms with Crippen molar-refractivity contribution in [3.8, 4) is 0 Å². The van der Waals surface area contributed by atoms with E-state index in [1.165, 1.54) is 11.0 Å². The number of halogens is 2. The first-order chi connectivity index (χ1) is 8.00. The molecule has 1 fully saturated rings. The first-order valence-electron chi connectivity index (χ1n) is 5.56. The second-order valence-electron chi connectivity index (χ2n) is 4.62. The molecule has 0 bridgehead atoms. The van der Waals surface area contributed by atoms with Crippen molar-refractivity contribution in [2.24, 2.45) is 11.8 Å². The summed E-state index contributed by atoms with van der Waals surface area (Å²) >= 11 is 0. The molecule has 0 aliphatic heterocycles. The van der Waals surface area contributed by atoms with Crippen molar-refractivity contribution in [3.05, 3.63) is 29.6 Å². The Hall–Kier alpha value is -1.52. The molecule has 0 aromatic carbocycles. The van der Waals surface area contributed by atoms with Gasteiger partial charge in [-0.2, -0.15) is 4.39 Å². The van der Waals surface area contributed by atoms with E-state index in [0.717, 1.165) is 12.6 Å². The van der Waals surface area contributed by atoms with Crippen LogP contribution in [0.15, 0.2) is 12.3 Å². The summed E-state index contributed by atoms with van der Waals surface area (Å²) in [4.78, 5) is 16.5. The van der Waals surface area contributed by atoms with Gasteiger partial charge in [0.15, 0.2) is 5.82 Å². The number of aromatic nitrogens is 1. The van der Waals surface area contributed by atoms with Gasteiger partial charge in [-0.1, -0.05) is 6.92 Å². The van der Waals surface area contributed by atoms with E-state index < -0.39 is 17.7 Å². The van der Waals surface area contributed by atoms with E-state index in [9.17, 15) is 13.6 Å². The van der Waals surface area contributed by atoms with Gasteiger partial charge in [-0.05, 0) is 24.3 Å². The van der Waals surface area contributed by atoms with Crippen LogP contribution in [-0.4, -0.2) is 29.4 Å². The molecule has 2 rings (SSSR count). The Morgan fingerprint density at radius 1 is 1.59 bits per heavy atom. The monoisotopic (exact) mass is 240 g/mol. The molecule has 5 heteroatoms. The van der Waals surface area contributed by atoms with Gasteiger partial charge in [-0.15, -0.1) is 0 Å². The van der Waals surface area contributed by atoms with E-state index in [1.54, 1.807) is 7.05 Å². The third kappa shape index (κ3) is 2.43. The standard InChI is InChI=1S/C12H14F2N2O/c1-7-5-8(7)6-16(2)12(17)9-3-4-15-11(14)10(9)13/h3-4,7-8H,5-6H2,1-2H3. The average Bonchev–Trinajstić information content (AvgIpc) is 2.97. The maximum Gasteiger partial charge on any atom is 0.256 e. The zero-order valence-electron chi connectivity index (χ0n) is 9.78. The van der Waals surface area contributed by atoms with Crippen LogP contribution in [-0.2, 0) is 0 Å². The lowest BCUT2D eigenvalue weighted by Gasteiger charge is -2.17. The van der Waals surface area contributed by atoms with Crippen molar-refractivity contribution in [3.63, 3.8) is 0 Å². The summed E-state index contributed by atoms with van der Waals surface area (Å²) in [6, 6.07) is 1.20. The number of pyridine rings is 1. The summed E-state index contributed by atoms with van der Waals surface area (Å²) in [7, 11) is 1.60. The second kappa shape index (κ2) is 4.39. The highest BCUT2D eigenvalue weighted by Crippen LogP contribution is 2.38. The molecule has 0 N–H and O–H groups in total. The zero-order chi connectivity index (χ0) is 12.6. The Morgan fingerprint density at radius 2 is 2.24 bits per heavy atom. The summed E-state index contributed by atoms with van der Waals surface area (Å²) < 4.78 is 26.2. The van der Waals surface area contributed by atoms with Gasteiger partial charge in [-0.25, -0.2) is 9.37 Å². The van der Waals surface area contributed by atoms with Crippen LogP contribution in [0.1, 0.15) is 23.7 Å². The molecule has 1 amide bonds. The Labute approximate surface area is 98.5 Å². The van der Waals surface area contributed by atoms with Gasteiger partial charge < -0.3 is 4.90 Å². The number of hydrogen-bond donors (Lipinski definition) is 0. The van der Waals surface area contributed by atoms with Gasteiger partial charge in [0, 0.05) is 19.8 Å². The lowest BCUT2D eigenvalue weighted by atomic mass is 10.2. The van der Waals surface area contributed by atoms with E-state index in [4.69, 9.17) is 0 Å². The summed E-state index contributed by atoms with van der Waals surface area (Å²) in [6.07, 6.45) is 2.18. The predicted molar refractivity (Wildman–Crippen MR) is 58.4 cm³/mol. The highest BCUT2D eigenvalue weighted by molar-refractivity contribution is 5.94. The largest absolute Gasteiger partial charge is 0.341 e. The molecule has 1 aliphatic rings. The summed E-state index contributed by atoms with van der Waals surface area (Å²) in [5.41, 5.74) is -0.256. The van der Waals surface area contributed by atoms with Crippen LogP contribution in [0.4, 0.5) is 8.78 Å². The maximum absolute atomic E-state index is 13.4. The molecule has 1 aliphatic carbocycles. The minimum absolute atomic E-state index is 0.256. The Kier molecular flexibility index (Phi) is 3.09. The molecule has 1 aromatic heterocycles. The van der Waals surface area contributed by atoms with Crippen molar-refractivity contribution in [1.29, 1.82) is 0 Å². The van der Waals surface area contributed by atoms with Crippen molar-refractivity contribution in [2.75, 3.05) is 13.6 Å². The van der Waals surface area contributed by atoms with Crippen molar-refractivity contribution >= 4 is 5.91 Å². The molecule has 3 nitrogen and oxygen atoms in total.